The van der Waals surface area contributed by atoms with Crippen LogP contribution in [0.15, 0.2) is 0 Å². The van der Waals surface area contributed by atoms with E-state index in [0.29, 0.717) is 16.9 Å². The maximum atomic E-state index is 11.3. The predicted octanol–water partition coefficient (Wildman–Crippen LogP) is 3.75. The molecule has 0 atom stereocenters. The normalized spacial score (nSPS) is 18.5. The Balaban J connectivity index is 2.31. The second-order valence-electron chi connectivity index (χ2n) is 6.51. The molecule has 0 spiro atoms. The highest BCUT2D eigenvalue weighted by Crippen LogP contribution is 2.39. The smallest absolute Gasteiger partial charge is 0.332 e. The first-order chi connectivity index (χ1) is 9.71. The van der Waals surface area contributed by atoms with E-state index in [1.807, 2.05) is 11.9 Å². The highest BCUT2D eigenvalue weighted by atomic mass is 35.5. The Morgan fingerprint density at radius 2 is 1.90 bits per heavy atom. The number of aromatic nitrogens is 2. The molecule has 0 bridgehead atoms. The van der Waals surface area contributed by atoms with Gasteiger partial charge in [0.25, 0.3) is 0 Å². The van der Waals surface area contributed by atoms with Crippen molar-refractivity contribution in [3.05, 3.63) is 21.1 Å². The predicted molar refractivity (Wildman–Crippen MR) is 82.9 cm³/mol. The Labute approximate surface area is 129 Å². The van der Waals surface area contributed by atoms with Crippen LogP contribution in [-0.4, -0.2) is 28.0 Å². The van der Waals surface area contributed by atoms with Crippen LogP contribution in [0.4, 0.5) is 11.5 Å². The minimum atomic E-state index is -0.426. The average Bonchev–Trinajstić information content (AvgIpc) is 2.36. The van der Waals surface area contributed by atoms with Gasteiger partial charge in [0, 0.05) is 13.1 Å². The standard InChI is InChI=1S/C14H21ClN4O2/c1-9-11(19(20)21)12(17-13(15)16-9)18(4)10-5-7-14(2,3)8-6-10/h10H,5-8H2,1-4H3. The van der Waals surface area contributed by atoms with Crippen LogP contribution in [0.1, 0.15) is 45.2 Å². The van der Waals surface area contributed by atoms with Gasteiger partial charge in [0.05, 0.1) is 4.92 Å². The molecule has 2 rings (SSSR count). The summed E-state index contributed by atoms with van der Waals surface area (Å²) in [7, 11) is 1.86. The lowest BCUT2D eigenvalue weighted by Crippen LogP contribution is -2.38. The molecule has 1 aromatic heterocycles. The van der Waals surface area contributed by atoms with Crippen LogP contribution in [-0.2, 0) is 0 Å². The first-order valence-electron chi connectivity index (χ1n) is 7.12. The van der Waals surface area contributed by atoms with Crippen LogP contribution >= 0.6 is 11.6 Å². The molecule has 0 radical (unpaired) electrons. The van der Waals surface area contributed by atoms with Crippen LogP contribution in [0, 0.1) is 22.5 Å². The molecule has 7 heteroatoms. The Morgan fingerprint density at radius 1 is 1.33 bits per heavy atom. The summed E-state index contributed by atoms with van der Waals surface area (Å²) >= 11 is 5.88. The van der Waals surface area contributed by atoms with Gasteiger partial charge in [0.15, 0.2) is 0 Å². The molecule has 21 heavy (non-hydrogen) atoms. The molecule has 1 aromatic rings. The van der Waals surface area contributed by atoms with Crippen molar-refractivity contribution in [2.45, 2.75) is 52.5 Å². The van der Waals surface area contributed by atoms with Gasteiger partial charge in [-0.25, -0.2) is 4.98 Å². The second-order valence-corrected chi connectivity index (χ2v) is 6.85. The van der Waals surface area contributed by atoms with E-state index in [0.717, 1.165) is 25.7 Å². The van der Waals surface area contributed by atoms with E-state index in [1.165, 1.54) is 0 Å². The average molecular weight is 313 g/mol. The Morgan fingerprint density at radius 3 is 2.43 bits per heavy atom. The fourth-order valence-corrected chi connectivity index (χ4v) is 3.13. The molecule has 1 aliphatic rings. The molecular weight excluding hydrogens is 292 g/mol. The van der Waals surface area contributed by atoms with Gasteiger partial charge >= 0.3 is 5.69 Å². The Kier molecular flexibility index (Phi) is 4.37. The van der Waals surface area contributed by atoms with Gasteiger partial charge < -0.3 is 4.90 Å². The zero-order valence-electron chi connectivity index (χ0n) is 12.9. The molecule has 0 aliphatic heterocycles. The molecule has 0 aromatic carbocycles. The van der Waals surface area contributed by atoms with Crippen molar-refractivity contribution >= 4 is 23.1 Å². The van der Waals surface area contributed by atoms with Crippen molar-refractivity contribution in [3.8, 4) is 0 Å². The van der Waals surface area contributed by atoms with E-state index in [2.05, 4.69) is 23.8 Å². The van der Waals surface area contributed by atoms with Gasteiger partial charge in [0.2, 0.25) is 11.1 Å². The quantitative estimate of drug-likeness (QED) is 0.483. The molecule has 1 saturated carbocycles. The van der Waals surface area contributed by atoms with Crippen LogP contribution in [0.5, 0.6) is 0 Å². The lowest BCUT2D eigenvalue weighted by atomic mass is 9.75. The highest BCUT2D eigenvalue weighted by molar-refractivity contribution is 6.28. The SMILES string of the molecule is Cc1nc(Cl)nc(N(C)C2CCC(C)(C)CC2)c1[N+](=O)[O-]. The maximum absolute atomic E-state index is 11.3. The monoisotopic (exact) mass is 312 g/mol. The number of halogens is 1. The zero-order valence-corrected chi connectivity index (χ0v) is 13.6. The lowest BCUT2D eigenvalue weighted by Gasteiger charge is -2.38. The largest absolute Gasteiger partial charge is 0.351 e. The van der Waals surface area contributed by atoms with Crippen LogP contribution in [0.3, 0.4) is 0 Å². The van der Waals surface area contributed by atoms with E-state index in [9.17, 15) is 10.1 Å². The third kappa shape index (κ3) is 3.43. The van der Waals surface area contributed by atoms with Crippen molar-refractivity contribution in [2.24, 2.45) is 5.41 Å². The summed E-state index contributed by atoms with van der Waals surface area (Å²) < 4.78 is 0. The number of nitrogens with zero attached hydrogens (tertiary/aromatic N) is 4. The maximum Gasteiger partial charge on any atom is 0.332 e. The van der Waals surface area contributed by atoms with Crippen LogP contribution < -0.4 is 4.90 Å². The van der Waals surface area contributed by atoms with Gasteiger partial charge in [-0.15, -0.1) is 0 Å². The molecule has 116 valence electrons. The Bertz CT molecular complexity index is 552. The molecular formula is C14H21ClN4O2. The van der Waals surface area contributed by atoms with Crippen molar-refractivity contribution < 1.29 is 4.92 Å². The van der Waals surface area contributed by atoms with Crippen molar-refractivity contribution in [1.29, 1.82) is 0 Å². The van der Waals surface area contributed by atoms with Gasteiger partial charge in [-0.05, 0) is 49.6 Å². The molecule has 0 amide bonds. The summed E-state index contributed by atoms with van der Waals surface area (Å²) in [5, 5.41) is 11.4. The van der Waals surface area contributed by atoms with Crippen molar-refractivity contribution in [2.75, 3.05) is 11.9 Å². The number of rotatable bonds is 3. The minimum absolute atomic E-state index is 0.0493. The number of hydrogen-bond donors (Lipinski definition) is 0. The van der Waals surface area contributed by atoms with Crippen LogP contribution in [0.2, 0.25) is 5.28 Å². The summed E-state index contributed by atoms with van der Waals surface area (Å²) in [5.41, 5.74) is 0.604. The first-order valence-corrected chi connectivity index (χ1v) is 7.50. The van der Waals surface area contributed by atoms with E-state index in [1.54, 1.807) is 6.92 Å². The summed E-state index contributed by atoms with van der Waals surface area (Å²) in [6.07, 6.45) is 4.21. The number of hydrogen-bond acceptors (Lipinski definition) is 5. The molecule has 1 heterocycles. The highest BCUT2D eigenvalue weighted by Gasteiger charge is 2.33. The Hall–Kier alpha value is -1.43. The third-order valence-electron chi connectivity index (χ3n) is 4.39. The molecule has 1 fully saturated rings. The fraction of sp³-hybridized carbons (Fsp3) is 0.714. The number of anilines is 1. The fourth-order valence-electron chi connectivity index (χ4n) is 2.92. The summed E-state index contributed by atoms with van der Waals surface area (Å²) in [6.45, 7) is 6.11. The van der Waals surface area contributed by atoms with Gasteiger partial charge in [-0.2, -0.15) is 4.98 Å². The van der Waals surface area contributed by atoms with E-state index < -0.39 is 4.92 Å². The van der Waals surface area contributed by atoms with Crippen LogP contribution in [0.25, 0.3) is 0 Å². The molecule has 0 unspecified atom stereocenters. The molecule has 1 aliphatic carbocycles. The van der Waals surface area contributed by atoms with Gasteiger partial charge in [-0.3, -0.25) is 10.1 Å². The summed E-state index contributed by atoms with van der Waals surface area (Å²) in [4.78, 5) is 20.8. The summed E-state index contributed by atoms with van der Waals surface area (Å²) in [6, 6.07) is 0.252. The van der Waals surface area contributed by atoms with Gasteiger partial charge in [-0.1, -0.05) is 13.8 Å². The van der Waals surface area contributed by atoms with Gasteiger partial charge in [0.1, 0.15) is 5.69 Å². The van der Waals surface area contributed by atoms with Crippen molar-refractivity contribution in [1.82, 2.24) is 9.97 Å². The lowest BCUT2D eigenvalue weighted by molar-refractivity contribution is -0.385. The number of aryl methyl sites for hydroxylation is 1. The third-order valence-corrected chi connectivity index (χ3v) is 4.55. The molecule has 0 N–H and O–H groups in total. The van der Waals surface area contributed by atoms with Crippen molar-refractivity contribution in [3.63, 3.8) is 0 Å². The molecule has 0 saturated heterocycles. The topological polar surface area (TPSA) is 72.2 Å². The molecule has 6 nitrogen and oxygen atoms in total. The van der Waals surface area contributed by atoms with E-state index in [-0.39, 0.29) is 17.0 Å². The van der Waals surface area contributed by atoms with E-state index in [4.69, 9.17) is 11.6 Å². The zero-order chi connectivity index (χ0) is 15.8. The minimum Gasteiger partial charge on any atom is -0.351 e. The first kappa shape index (κ1) is 15.9. The second kappa shape index (κ2) is 5.75. The number of nitro groups is 1. The summed E-state index contributed by atoms with van der Waals surface area (Å²) in [5.74, 6) is 0.321. The van der Waals surface area contributed by atoms with E-state index >= 15 is 0 Å².